The minimum Gasteiger partial charge on any atom is -0.508 e. The van der Waals surface area contributed by atoms with Crippen molar-refractivity contribution >= 4 is 11.8 Å². The van der Waals surface area contributed by atoms with Crippen LogP contribution in [0.15, 0.2) is 18.2 Å². The lowest BCUT2D eigenvalue weighted by Crippen LogP contribution is -2.54. The fourth-order valence-corrected chi connectivity index (χ4v) is 4.98. The Labute approximate surface area is 113 Å². The SMILES string of the molecule is C[C@]12CCCCS[C@H](Cc3ccc(O)cc31)[C@H]2N. The topological polar surface area (TPSA) is 46.2 Å². The molecule has 18 heavy (non-hydrogen) atoms. The van der Waals surface area contributed by atoms with Crippen LogP contribution >= 0.6 is 11.8 Å². The summed E-state index contributed by atoms with van der Waals surface area (Å²) in [6.07, 6.45) is 4.72. The molecule has 0 spiro atoms. The van der Waals surface area contributed by atoms with E-state index in [2.05, 4.69) is 13.0 Å². The van der Waals surface area contributed by atoms with Gasteiger partial charge in [0.25, 0.3) is 0 Å². The number of rotatable bonds is 0. The molecule has 0 aromatic heterocycles. The minimum absolute atomic E-state index is 0.0322. The third kappa shape index (κ3) is 1.84. The van der Waals surface area contributed by atoms with Crippen LogP contribution in [0.25, 0.3) is 0 Å². The zero-order chi connectivity index (χ0) is 12.8. The number of phenolic OH excluding ortho intramolecular Hbond substituents is 1. The molecule has 1 aliphatic carbocycles. The monoisotopic (exact) mass is 263 g/mol. The van der Waals surface area contributed by atoms with E-state index in [1.54, 1.807) is 0 Å². The van der Waals surface area contributed by atoms with Crippen molar-refractivity contribution in [1.82, 2.24) is 0 Å². The second kappa shape index (κ2) is 4.46. The molecule has 1 heterocycles. The van der Waals surface area contributed by atoms with Crippen molar-refractivity contribution < 1.29 is 5.11 Å². The molecule has 3 heteroatoms. The lowest BCUT2D eigenvalue weighted by molar-refractivity contribution is 0.306. The quantitative estimate of drug-likeness (QED) is 0.756. The number of hydrogen-bond donors (Lipinski definition) is 2. The average molecular weight is 263 g/mol. The van der Waals surface area contributed by atoms with Crippen molar-refractivity contribution in [3.8, 4) is 5.75 Å². The van der Waals surface area contributed by atoms with Gasteiger partial charge < -0.3 is 10.8 Å². The number of phenols is 1. The fourth-order valence-electron chi connectivity index (χ4n) is 3.50. The maximum Gasteiger partial charge on any atom is 0.115 e. The van der Waals surface area contributed by atoms with Gasteiger partial charge in [-0.1, -0.05) is 19.4 Å². The van der Waals surface area contributed by atoms with Crippen LogP contribution in [0, 0.1) is 0 Å². The summed E-state index contributed by atoms with van der Waals surface area (Å²) in [6, 6.07) is 6.04. The highest BCUT2D eigenvalue weighted by Gasteiger charge is 2.44. The van der Waals surface area contributed by atoms with Crippen LogP contribution in [-0.4, -0.2) is 22.2 Å². The van der Waals surface area contributed by atoms with Crippen molar-refractivity contribution in [3.63, 3.8) is 0 Å². The standard InChI is InChI=1S/C15H21NOS/c1-15-6-2-3-7-18-13(14(15)16)8-10-4-5-11(17)9-12(10)15/h4-5,9,13-14,17H,2-3,6-8,16H2,1H3/t13-,14-,15+/m1/s1. The molecule has 2 bridgehead atoms. The van der Waals surface area contributed by atoms with E-state index in [0.29, 0.717) is 11.0 Å². The first kappa shape index (κ1) is 12.4. The lowest BCUT2D eigenvalue weighted by atomic mass is 9.65. The molecule has 3 atom stereocenters. The van der Waals surface area contributed by atoms with Gasteiger partial charge in [0.05, 0.1) is 0 Å². The van der Waals surface area contributed by atoms with E-state index < -0.39 is 0 Å². The Morgan fingerprint density at radius 1 is 1.39 bits per heavy atom. The molecule has 1 aromatic carbocycles. The Balaban J connectivity index is 2.11. The van der Waals surface area contributed by atoms with E-state index in [9.17, 15) is 5.11 Å². The molecule has 0 saturated carbocycles. The summed E-state index contributed by atoms with van der Waals surface area (Å²) in [6.45, 7) is 2.29. The summed E-state index contributed by atoms with van der Waals surface area (Å²) in [5.41, 5.74) is 9.25. The van der Waals surface area contributed by atoms with Crippen LogP contribution in [-0.2, 0) is 11.8 Å². The van der Waals surface area contributed by atoms with Crippen LogP contribution in [0.3, 0.4) is 0 Å². The first-order valence-corrected chi connectivity index (χ1v) is 7.86. The maximum atomic E-state index is 9.77. The van der Waals surface area contributed by atoms with Crippen LogP contribution in [0.1, 0.15) is 37.3 Å². The molecule has 1 fully saturated rings. The summed E-state index contributed by atoms with van der Waals surface area (Å²) < 4.78 is 0. The Morgan fingerprint density at radius 2 is 2.22 bits per heavy atom. The van der Waals surface area contributed by atoms with E-state index >= 15 is 0 Å². The second-order valence-corrected chi connectivity index (χ2v) is 7.20. The molecule has 2 aliphatic rings. The van der Waals surface area contributed by atoms with Gasteiger partial charge in [0.15, 0.2) is 0 Å². The summed E-state index contributed by atoms with van der Waals surface area (Å²) in [5, 5.41) is 10.3. The molecule has 1 aliphatic heterocycles. The fraction of sp³-hybridized carbons (Fsp3) is 0.600. The highest BCUT2D eigenvalue weighted by atomic mass is 32.2. The van der Waals surface area contributed by atoms with E-state index in [1.807, 2.05) is 23.9 Å². The van der Waals surface area contributed by atoms with Gasteiger partial charge in [-0.15, -0.1) is 0 Å². The third-order valence-corrected chi connectivity index (χ3v) is 6.10. The van der Waals surface area contributed by atoms with Crippen molar-refractivity contribution in [2.45, 2.75) is 49.3 Å². The van der Waals surface area contributed by atoms with Gasteiger partial charge >= 0.3 is 0 Å². The molecule has 0 unspecified atom stereocenters. The number of hydrogen-bond acceptors (Lipinski definition) is 3. The van der Waals surface area contributed by atoms with Crippen molar-refractivity contribution in [2.75, 3.05) is 5.75 Å². The van der Waals surface area contributed by atoms with Crippen molar-refractivity contribution in [3.05, 3.63) is 29.3 Å². The summed E-state index contributed by atoms with van der Waals surface area (Å²) in [5.74, 6) is 1.61. The van der Waals surface area contributed by atoms with E-state index in [-0.39, 0.29) is 11.5 Å². The van der Waals surface area contributed by atoms with Gasteiger partial charge in [0.2, 0.25) is 0 Å². The van der Waals surface area contributed by atoms with Gasteiger partial charge in [-0.3, -0.25) is 0 Å². The van der Waals surface area contributed by atoms with Crippen LogP contribution < -0.4 is 5.73 Å². The molecular formula is C15H21NOS. The molecule has 0 amide bonds. The Morgan fingerprint density at radius 3 is 3.06 bits per heavy atom. The molecule has 0 radical (unpaired) electrons. The van der Waals surface area contributed by atoms with E-state index in [0.717, 1.165) is 12.8 Å². The van der Waals surface area contributed by atoms with E-state index in [4.69, 9.17) is 5.73 Å². The van der Waals surface area contributed by atoms with Gasteiger partial charge in [-0.2, -0.15) is 11.8 Å². The number of nitrogens with two attached hydrogens (primary N) is 1. The number of benzene rings is 1. The minimum atomic E-state index is 0.0322. The van der Waals surface area contributed by atoms with Crippen LogP contribution in [0.5, 0.6) is 5.75 Å². The lowest BCUT2D eigenvalue weighted by Gasteiger charge is -2.47. The number of aromatic hydroxyl groups is 1. The molecule has 3 rings (SSSR count). The summed E-state index contributed by atoms with van der Waals surface area (Å²) >= 11 is 2.04. The van der Waals surface area contributed by atoms with Gasteiger partial charge in [0.1, 0.15) is 5.75 Å². The Kier molecular flexibility index (Phi) is 3.07. The highest BCUT2D eigenvalue weighted by Crippen LogP contribution is 2.46. The first-order valence-electron chi connectivity index (χ1n) is 6.81. The number of fused-ring (bicyclic) bond motifs is 4. The first-order chi connectivity index (χ1) is 8.61. The molecular weight excluding hydrogens is 242 g/mol. The smallest absolute Gasteiger partial charge is 0.115 e. The van der Waals surface area contributed by atoms with E-state index in [1.165, 1.54) is 29.7 Å². The zero-order valence-electron chi connectivity index (χ0n) is 10.9. The Bertz CT molecular complexity index is 462. The zero-order valence-corrected chi connectivity index (χ0v) is 11.7. The van der Waals surface area contributed by atoms with Crippen LogP contribution in [0.4, 0.5) is 0 Å². The van der Waals surface area contributed by atoms with Gasteiger partial charge in [-0.05, 0) is 48.3 Å². The largest absolute Gasteiger partial charge is 0.508 e. The Hall–Kier alpha value is -0.670. The average Bonchev–Trinajstić information content (AvgIpc) is 2.35. The predicted molar refractivity (Wildman–Crippen MR) is 77.2 cm³/mol. The molecule has 3 N–H and O–H groups in total. The van der Waals surface area contributed by atoms with Crippen molar-refractivity contribution in [1.29, 1.82) is 0 Å². The predicted octanol–water partition coefficient (Wildman–Crippen LogP) is 2.82. The third-order valence-electron chi connectivity index (χ3n) is 4.69. The van der Waals surface area contributed by atoms with Crippen molar-refractivity contribution in [2.24, 2.45) is 5.73 Å². The maximum absolute atomic E-state index is 9.77. The summed E-state index contributed by atoms with van der Waals surface area (Å²) in [4.78, 5) is 0. The van der Waals surface area contributed by atoms with Gasteiger partial charge in [0, 0.05) is 16.7 Å². The molecule has 2 nitrogen and oxygen atoms in total. The van der Waals surface area contributed by atoms with Crippen LogP contribution in [0.2, 0.25) is 0 Å². The summed E-state index contributed by atoms with van der Waals surface area (Å²) in [7, 11) is 0. The molecule has 1 aromatic rings. The molecule has 98 valence electrons. The second-order valence-electron chi connectivity index (χ2n) is 5.86. The normalized spacial score (nSPS) is 35.4. The highest BCUT2D eigenvalue weighted by molar-refractivity contribution is 7.99. The molecule has 1 saturated heterocycles. The van der Waals surface area contributed by atoms with Gasteiger partial charge in [-0.25, -0.2) is 0 Å². The number of thioether (sulfide) groups is 1.